The van der Waals surface area contributed by atoms with E-state index in [1.807, 2.05) is 4.57 Å². The smallest absolute Gasteiger partial charge is 0.307 e. The molecule has 1 unspecified atom stereocenters. The summed E-state index contributed by atoms with van der Waals surface area (Å²) in [4.78, 5) is 29.8. The Morgan fingerprint density at radius 1 is 1.21 bits per heavy atom. The van der Waals surface area contributed by atoms with Crippen molar-refractivity contribution in [3.8, 4) is 0 Å². The molecule has 0 aliphatic carbocycles. The Balaban J connectivity index is 2.15. The predicted molar refractivity (Wildman–Crippen MR) is 104 cm³/mol. The number of nitrogens with zero attached hydrogens (tertiary/aromatic N) is 4. The van der Waals surface area contributed by atoms with E-state index in [-0.39, 0.29) is 17.2 Å². The van der Waals surface area contributed by atoms with Crippen LogP contribution in [0.3, 0.4) is 0 Å². The molecule has 0 saturated heterocycles. The van der Waals surface area contributed by atoms with E-state index in [9.17, 15) is 18.0 Å². The summed E-state index contributed by atoms with van der Waals surface area (Å²) in [7, 11) is 4.37. The molecular weight excluding hydrogens is 384 g/mol. The summed E-state index contributed by atoms with van der Waals surface area (Å²) in [5.41, 5.74) is 1.29. The van der Waals surface area contributed by atoms with Crippen LogP contribution in [-0.2, 0) is 37.8 Å². The van der Waals surface area contributed by atoms with Crippen molar-refractivity contribution < 1.29 is 22.7 Å². The lowest BCUT2D eigenvalue weighted by atomic mass is 10.3. The molecule has 1 atom stereocenters. The molecule has 0 aliphatic rings. The largest absolute Gasteiger partial charge is 0.453 e. The van der Waals surface area contributed by atoms with Gasteiger partial charge in [-0.2, -0.15) is 0 Å². The Kier molecular flexibility index (Phi) is 6.45. The first-order valence-corrected chi connectivity index (χ1v) is 10.2. The van der Waals surface area contributed by atoms with Gasteiger partial charge in [0.25, 0.3) is 5.91 Å². The molecule has 1 heterocycles. The second-order valence-corrected chi connectivity index (χ2v) is 9.04. The van der Waals surface area contributed by atoms with Gasteiger partial charge in [-0.05, 0) is 25.1 Å². The molecule has 0 aliphatic heterocycles. The van der Waals surface area contributed by atoms with Crippen LogP contribution in [0.2, 0.25) is 0 Å². The topological polar surface area (TPSA) is 102 Å². The van der Waals surface area contributed by atoms with Gasteiger partial charge in [0.05, 0.1) is 22.3 Å². The third-order valence-corrected chi connectivity index (χ3v) is 6.18. The Morgan fingerprint density at radius 3 is 2.43 bits per heavy atom. The zero-order chi connectivity index (χ0) is 21.2. The molecule has 9 nitrogen and oxygen atoms in total. The van der Waals surface area contributed by atoms with Gasteiger partial charge in [0, 0.05) is 41.7 Å². The number of aromatic nitrogens is 2. The molecule has 28 heavy (non-hydrogen) atoms. The Hall–Kier alpha value is -2.46. The van der Waals surface area contributed by atoms with Gasteiger partial charge in [0.2, 0.25) is 10.0 Å². The standard InChI is InChI=1S/C18H26N4O5S/c1-12(18(24)20(2)3)27-17(23)10-9-16-19-14-11-13(28(25,26)21(4)5)7-8-15(14)22(16)6/h7-8,11-12H,9-10H2,1-6H3. The molecule has 0 radical (unpaired) electrons. The number of rotatable bonds is 7. The molecule has 2 rings (SSSR count). The number of hydrogen-bond acceptors (Lipinski definition) is 6. The number of imidazole rings is 1. The van der Waals surface area contributed by atoms with Crippen molar-refractivity contribution in [2.45, 2.75) is 30.8 Å². The number of carbonyl (C=O) groups is 2. The first-order chi connectivity index (χ1) is 12.9. The maximum atomic E-state index is 12.3. The summed E-state index contributed by atoms with van der Waals surface area (Å²) < 4.78 is 32.7. The van der Waals surface area contributed by atoms with E-state index in [1.54, 1.807) is 27.2 Å². The second-order valence-electron chi connectivity index (χ2n) is 6.89. The third kappa shape index (κ3) is 4.50. The number of carbonyl (C=O) groups excluding carboxylic acids is 2. The predicted octanol–water partition coefficient (Wildman–Crippen LogP) is 0.776. The number of amides is 1. The second kappa shape index (κ2) is 8.27. The van der Waals surface area contributed by atoms with Crippen LogP contribution < -0.4 is 0 Å². The first-order valence-electron chi connectivity index (χ1n) is 8.73. The molecule has 1 aromatic heterocycles. The lowest BCUT2D eigenvalue weighted by Gasteiger charge is -2.17. The quantitative estimate of drug-likeness (QED) is 0.625. The maximum absolute atomic E-state index is 12.3. The van der Waals surface area contributed by atoms with Crippen LogP contribution in [0.25, 0.3) is 11.0 Å². The number of hydrogen-bond donors (Lipinski definition) is 0. The van der Waals surface area contributed by atoms with E-state index in [1.165, 1.54) is 38.1 Å². The maximum Gasteiger partial charge on any atom is 0.307 e. The average molecular weight is 410 g/mol. The zero-order valence-corrected chi connectivity index (χ0v) is 17.8. The molecule has 0 N–H and O–H groups in total. The fourth-order valence-corrected chi connectivity index (χ4v) is 3.63. The normalized spacial score (nSPS) is 13.0. The van der Waals surface area contributed by atoms with Crippen LogP contribution in [-0.4, -0.2) is 73.3 Å². The molecule has 10 heteroatoms. The highest BCUT2D eigenvalue weighted by Crippen LogP contribution is 2.22. The van der Waals surface area contributed by atoms with Crippen molar-refractivity contribution in [1.29, 1.82) is 0 Å². The summed E-state index contributed by atoms with van der Waals surface area (Å²) in [6.45, 7) is 1.53. The first kappa shape index (κ1) is 21.8. The number of esters is 1. The Morgan fingerprint density at radius 2 is 1.86 bits per heavy atom. The highest BCUT2D eigenvalue weighted by atomic mass is 32.2. The summed E-state index contributed by atoms with van der Waals surface area (Å²) in [5, 5.41) is 0. The van der Waals surface area contributed by atoms with Crippen LogP contribution in [0.15, 0.2) is 23.1 Å². The van der Waals surface area contributed by atoms with Gasteiger partial charge in [0.1, 0.15) is 5.82 Å². The highest BCUT2D eigenvalue weighted by Gasteiger charge is 2.21. The molecule has 2 aromatic rings. The number of likely N-dealkylation sites (N-methyl/N-ethyl adjacent to an activating group) is 1. The van der Waals surface area contributed by atoms with Crippen molar-refractivity contribution in [2.24, 2.45) is 7.05 Å². The minimum Gasteiger partial charge on any atom is -0.453 e. The van der Waals surface area contributed by atoms with Gasteiger partial charge >= 0.3 is 5.97 Å². The van der Waals surface area contributed by atoms with Crippen LogP contribution in [0.5, 0.6) is 0 Å². The van der Waals surface area contributed by atoms with Gasteiger partial charge in [-0.1, -0.05) is 0 Å². The molecule has 0 spiro atoms. The van der Waals surface area contributed by atoms with Crippen molar-refractivity contribution in [1.82, 2.24) is 18.8 Å². The van der Waals surface area contributed by atoms with E-state index in [4.69, 9.17) is 4.74 Å². The van der Waals surface area contributed by atoms with Gasteiger partial charge in [0.15, 0.2) is 6.10 Å². The molecular formula is C18H26N4O5S. The minimum absolute atomic E-state index is 0.0606. The van der Waals surface area contributed by atoms with Crippen molar-refractivity contribution in [2.75, 3.05) is 28.2 Å². The zero-order valence-electron chi connectivity index (χ0n) is 17.0. The molecule has 154 valence electrons. The van der Waals surface area contributed by atoms with E-state index in [0.717, 1.165) is 9.82 Å². The third-order valence-electron chi connectivity index (χ3n) is 4.37. The summed E-state index contributed by atoms with van der Waals surface area (Å²) in [5.74, 6) is -0.158. The monoisotopic (exact) mass is 410 g/mol. The Bertz CT molecular complexity index is 995. The van der Waals surface area contributed by atoms with Gasteiger partial charge in [-0.25, -0.2) is 17.7 Å². The number of aryl methyl sites for hydroxylation is 2. The van der Waals surface area contributed by atoms with Crippen LogP contribution in [0, 0.1) is 0 Å². The van der Waals surface area contributed by atoms with Gasteiger partial charge in [-0.15, -0.1) is 0 Å². The molecule has 1 aromatic carbocycles. The SMILES string of the molecule is CC(OC(=O)CCc1nc2cc(S(=O)(=O)N(C)C)ccc2n1C)C(=O)N(C)C. The van der Waals surface area contributed by atoms with E-state index in [0.29, 0.717) is 17.8 Å². The lowest BCUT2D eigenvalue weighted by molar-refractivity contribution is -0.157. The van der Waals surface area contributed by atoms with Crippen LogP contribution in [0.1, 0.15) is 19.2 Å². The number of sulfonamides is 1. The fourth-order valence-electron chi connectivity index (χ4n) is 2.71. The number of fused-ring (bicyclic) bond motifs is 1. The van der Waals surface area contributed by atoms with E-state index < -0.39 is 22.1 Å². The van der Waals surface area contributed by atoms with Gasteiger partial charge < -0.3 is 14.2 Å². The average Bonchev–Trinajstić information content (AvgIpc) is 2.94. The molecule has 1 amide bonds. The summed E-state index contributed by atoms with van der Waals surface area (Å²) >= 11 is 0. The van der Waals surface area contributed by atoms with Crippen molar-refractivity contribution in [3.05, 3.63) is 24.0 Å². The summed E-state index contributed by atoms with van der Waals surface area (Å²) in [6, 6.07) is 4.74. The Labute approximate surface area is 164 Å². The molecule has 0 saturated carbocycles. The molecule has 0 bridgehead atoms. The fraction of sp³-hybridized carbons (Fsp3) is 0.500. The highest BCUT2D eigenvalue weighted by molar-refractivity contribution is 7.89. The van der Waals surface area contributed by atoms with Crippen LogP contribution >= 0.6 is 0 Å². The lowest BCUT2D eigenvalue weighted by Crippen LogP contribution is -2.34. The van der Waals surface area contributed by atoms with E-state index in [2.05, 4.69) is 4.98 Å². The number of ether oxygens (including phenoxy) is 1. The van der Waals surface area contributed by atoms with E-state index >= 15 is 0 Å². The van der Waals surface area contributed by atoms with Crippen LogP contribution in [0.4, 0.5) is 0 Å². The minimum atomic E-state index is -3.55. The number of benzene rings is 1. The molecule has 0 fully saturated rings. The van der Waals surface area contributed by atoms with Crippen molar-refractivity contribution in [3.63, 3.8) is 0 Å². The van der Waals surface area contributed by atoms with Crippen molar-refractivity contribution >= 4 is 32.9 Å². The summed E-state index contributed by atoms with van der Waals surface area (Å²) in [6.07, 6.45) is -0.477. The van der Waals surface area contributed by atoms with Gasteiger partial charge in [-0.3, -0.25) is 9.59 Å².